The van der Waals surface area contributed by atoms with Gasteiger partial charge in [-0.2, -0.15) is 5.11 Å². The largest absolute Gasteiger partial charge is 0.493 e. The van der Waals surface area contributed by atoms with Crippen LogP contribution in [0.15, 0.2) is 58.1 Å². The Bertz CT molecular complexity index is 1410. The molecule has 1 unspecified atom stereocenters. The highest BCUT2D eigenvalue weighted by Gasteiger charge is 2.26. The van der Waals surface area contributed by atoms with E-state index in [-0.39, 0.29) is 23.9 Å². The maximum absolute atomic E-state index is 13.3. The Labute approximate surface area is 209 Å². The quantitative estimate of drug-likeness (QED) is 0.234. The van der Waals surface area contributed by atoms with E-state index >= 15 is 0 Å². The Morgan fingerprint density at radius 3 is 2.67 bits per heavy atom. The lowest BCUT2D eigenvalue weighted by Gasteiger charge is -2.32. The number of hydrogen-bond donors (Lipinski definition) is 4. The van der Waals surface area contributed by atoms with Gasteiger partial charge in [-0.05, 0) is 74.6 Å². The molecule has 1 fully saturated rings. The number of aromatic amines is 1. The Hall–Kier alpha value is -4.07. The van der Waals surface area contributed by atoms with Gasteiger partial charge in [0.1, 0.15) is 17.6 Å². The Balaban J connectivity index is 1.46. The highest BCUT2D eigenvalue weighted by molar-refractivity contribution is 5.95. The molecule has 8 nitrogen and oxygen atoms in total. The van der Waals surface area contributed by atoms with Crippen molar-refractivity contribution in [2.75, 3.05) is 18.0 Å². The van der Waals surface area contributed by atoms with Gasteiger partial charge in [0.25, 0.3) is 0 Å². The minimum absolute atomic E-state index is 0.139. The third kappa shape index (κ3) is 4.71. The molecule has 0 saturated carbocycles. The fraction of sp³-hybridized carbons (Fsp3) is 0.321. The zero-order valence-corrected chi connectivity index (χ0v) is 20.6. The van der Waals surface area contributed by atoms with Gasteiger partial charge in [-0.25, -0.2) is 5.53 Å². The van der Waals surface area contributed by atoms with Crippen LogP contribution in [0.1, 0.15) is 53.5 Å². The van der Waals surface area contributed by atoms with Crippen molar-refractivity contribution >= 4 is 28.2 Å². The van der Waals surface area contributed by atoms with Gasteiger partial charge in [0, 0.05) is 29.7 Å². The summed E-state index contributed by atoms with van der Waals surface area (Å²) in [5, 5.41) is 17.2. The maximum Gasteiger partial charge on any atom is 0.225 e. The third-order valence-electron chi connectivity index (χ3n) is 6.84. The van der Waals surface area contributed by atoms with Crippen LogP contribution in [0.5, 0.6) is 5.88 Å². The van der Waals surface area contributed by atoms with Crippen molar-refractivity contribution in [3.63, 3.8) is 0 Å². The van der Waals surface area contributed by atoms with E-state index in [2.05, 4.69) is 45.4 Å². The molecule has 1 aliphatic heterocycles. The van der Waals surface area contributed by atoms with Crippen LogP contribution < -0.4 is 10.2 Å². The van der Waals surface area contributed by atoms with Crippen LogP contribution in [0.25, 0.3) is 10.9 Å². The normalized spacial score (nSPS) is 14.7. The zero-order chi connectivity index (χ0) is 25.2. The number of nitrogens with zero attached hydrogens (tertiary/aromatic N) is 2. The molecule has 2 aromatic carbocycles. The number of aryl methyl sites for hydroxylation is 2. The van der Waals surface area contributed by atoms with Gasteiger partial charge in [0.15, 0.2) is 5.69 Å². The molecule has 0 aliphatic carbocycles. The van der Waals surface area contributed by atoms with Gasteiger partial charge in [-0.1, -0.05) is 18.2 Å². The molecular formula is C28H31N5O3. The first-order valence-electron chi connectivity index (χ1n) is 12.3. The highest BCUT2D eigenvalue weighted by Crippen LogP contribution is 2.36. The summed E-state index contributed by atoms with van der Waals surface area (Å²) in [7, 11) is 0. The minimum atomic E-state index is -0.428. The van der Waals surface area contributed by atoms with Crippen molar-refractivity contribution in [3.05, 3.63) is 76.7 Å². The van der Waals surface area contributed by atoms with Gasteiger partial charge in [-0.3, -0.25) is 4.79 Å². The number of fused-ring (bicyclic) bond motifs is 1. The summed E-state index contributed by atoms with van der Waals surface area (Å²) in [6.07, 6.45) is 3.70. The molecule has 3 heterocycles. The van der Waals surface area contributed by atoms with E-state index in [0.29, 0.717) is 16.7 Å². The summed E-state index contributed by atoms with van der Waals surface area (Å²) in [4.78, 5) is 18.6. The summed E-state index contributed by atoms with van der Waals surface area (Å²) < 4.78 is 6.02. The number of benzene rings is 2. The topological polar surface area (TPSA) is 118 Å². The van der Waals surface area contributed by atoms with Crippen LogP contribution in [0, 0.1) is 19.4 Å². The average Bonchev–Trinajstić information content (AvgIpc) is 3.44. The number of aromatic hydroxyl groups is 1. The second kappa shape index (κ2) is 9.89. The van der Waals surface area contributed by atoms with E-state index in [4.69, 9.17) is 9.95 Å². The molecule has 36 heavy (non-hydrogen) atoms. The average molecular weight is 486 g/mol. The number of anilines is 1. The van der Waals surface area contributed by atoms with E-state index in [1.807, 2.05) is 25.1 Å². The van der Waals surface area contributed by atoms with E-state index in [1.165, 1.54) is 12.0 Å². The lowest BCUT2D eigenvalue weighted by molar-refractivity contribution is -0.121. The number of carbonyl (C=O) groups is 1. The number of H-pyrrole nitrogens is 1. The predicted molar refractivity (Wildman–Crippen MR) is 139 cm³/mol. The summed E-state index contributed by atoms with van der Waals surface area (Å²) in [6.45, 7) is 6.00. The molecule has 0 spiro atoms. The van der Waals surface area contributed by atoms with Gasteiger partial charge in [0.2, 0.25) is 11.8 Å². The van der Waals surface area contributed by atoms with Crippen LogP contribution in [0.2, 0.25) is 0 Å². The molecule has 186 valence electrons. The molecule has 0 bridgehead atoms. The van der Waals surface area contributed by atoms with Crippen LogP contribution >= 0.6 is 0 Å². The smallest absolute Gasteiger partial charge is 0.225 e. The molecule has 8 heteroatoms. The highest BCUT2D eigenvalue weighted by atomic mass is 16.3. The number of hydrogen-bond acceptors (Lipinski definition) is 6. The van der Waals surface area contributed by atoms with Gasteiger partial charge in [-0.15, -0.1) is 0 Å². The number of amides is 1. The molecular weight excluding hydrogens is 454 g/mol. The summed E-state index contributed by atoms with van der Waals surface area (Å²) in [5.41, 5.74) is 12.3. The lowest BCUT2D eigenvalue weighted by atomic mass is 9.97. The second-order valence-corrected chi connectivity index (χ2v) is 9.55. The van der Waals surface area contributed by atoms with E-state index in [9.17, 15) is 9.90 Å². The minimum Gasteiger partial charge on any atom is -0.493 e. The third-order valence-corrected chi connectivity index (χ3v) is 6.84. The van der Waals surface area contributed by atoms with Crippen LogP contribution in [-0.2, 0) is 11.2 Å². The first kappa shape index (κ1) is 23.7. The standard InChI is InChI=1S/C28H31N5O3/c1-17-6-9-20(23(14-17)33-12-4-3-5-13-33)26(24-11-7-18(2)36-24)31-25(34)16-19-8-10-22-21(15-19)27(32-29)28(35)30-22/h6-11,14-15,26,29-30,35H,3-5,12-13,16H2,1-2H3,(H,31,34). The van der Waals surface area contributed by atoms with Crippen LogP contribution in [0.4, 0.5) is 11.4 Å². The molecule has 2 aromatic heterocycles. The molecule has 1 amide bonds. The Kier molecular flexibility index (Phi) is 6.50. The van der Waals surface area contributed by atoms with Crippen LogP contribution in [-0.4, -0.2) is 29.1 Å². The fourth-order valence-electron chi connectivity index (χ4n) is 5.05. The van der Waals surface area contributed by atoms with Gasteiger partial charge in [0.05, 0.1) is 11.9 Å². The molecule has 5 rings (SSSR count). The van der Waals surface area contributed by atoms with Crippen molar-refractivity contribution in [1.29, 1.82) is 5.53 Å². The Morgan fingerprint density at radius 2 is 1.94 bits per heavy atom. The second-order valence-electron chi connectivity index (χ2n) is 9.55. The van der Waals surface area contributed by atoms with Gasteiger partial charge < -0.3 is 24.7 Å². The maximum atomic E-state index is 13.3. The first-order chi connectivity index (χ1) is 17.4. The summed E-state index contributed by atoms with van der Waals surface area (Å²) in [6, 6.07) is 15.2. The van der Waals surface area contributed by atoms with Crippen LogP contribution in [0.3, 0.4) is 0 Å². The molecule has 0 radical (unpaired) electrons. The van der Waals surface area contributed by atoms with Crippen molar-refractivity contribution in [2.45, 2.75) is 45.6 Å². The molecule has 4 aromatic rings. The first-order valence-corrected chi connectivity index (χ1v) is 12.3. The fourth-order valence-corrected chi connectivity index (χ4v) is 5.05. The number of furan rings is 1. The van der Waals surface area contributed by atoms with Crippen molar-refractivity contribution < 1.29 is 14.3 Å². The number of piperidine rings is 1. The van der Waals surface area contributed by atoms with Crippen molar-refractivity contribution in [3.8, 4) is 5.88 Å². The number of aromatic nitrogens is 1. The predicted octanol–water partition coefficient (Wildman–Crippen LogP) is 6.18. The Morgan fingerprint density at radius 1 is 1.14 bits per heavy atom. The van der Waals surface area contributed by atoms with Crippen molar-refractivity contribution in [2.24, 2.45) is 5.11 Å². The zero-order valence-electron chi connectivity index (χ0n) is 20.6. The molecule has 1 aliphatic rings. The number of nitrogens with one attached hydrogen (secondary N) is 3. The monoisotopic (exact) mass is 485 g/mol. The molecule has 4 N–H and O–H groups in total. The molecule has 1 saturated heterocycles. The number of carbonyl (C=O) groups excluding carboxylic acids is 1. The van der Waals surface area contributed by atoms with Gasteiger partial charge >= 0.3 is 0 Å². The summed E-state index contributed by atoms with van der Waals surface area (Å²) >= 11 is 0. The summed E-state index contributed by atoms with van der Waals surface area (Å²) in [5.74, 6) is 1.19. The molecule has 1 atom stereocenters. The number of rotatable bonds is 7. The van der Waals surface area contributed by atoms with E-state index < -0.39 is 6.04 Å². The van der Waals surface area contributed by atoms with Crippen molar-refractivity contribution in [1.82, 2.24) is 10.3 Å². The lowest BCUT2D eigenvalue weighted by Crippen LogP contribution is -2.34. The van der Waals surface area contributed by atoms with E-state index in [0.717, 1.165) is 48.5 Å². The SMILES string of the molecule is Cc1ccc(C(NC(=O)Cc2ccc3[nH]c(O)c(N=N)c3c2)c2ccc(C)o2)c(N2CCCCC2)c1. The van der Waals surface area contributed by atoms with E-state index in [1.54, 1.807) is 12.1 Å².